The van der Waals surface area contributed by atoms with Gasteiger partial charge in [-0.15, -0.1) is 0 Å². The van der Waals surface area contributed by atoms with Crippen LogP contribution in [0.25, 0.3) is 0 Å². The highest BCUT2D eigenvalue weighted by Crippen LogP contribution is 2.21. The first-order valence-corrected chi connectivity index (χ1v) is 8.64. The molecular formula is C23H22O3. The van der Waals surface area contributed by atoms with Crippen molar-refractivity contribution in [3.8, 4) is 5.75 Å². The van der Waals surface area contributed by atoms with Gasteiger partial charge in [0.25, 0.3) is 0 Å². The number of carbonyl (C=O) groups is 1. The smallest absolute Gasteiger partial charge is 0.188 e. The van der Waals surface area contributed by atoms with Crippen molar-refractivity contribution in [1.82, 2.24) is 0 Å². The van der Waals surface area contributed by atoms with Crippen LogP contribution in [0.4, 0.5) is 0 Å². The Kier molecular flexibility index (Phi) is 6.18. The van der Waals surface area contributed by atoms with E-state index in [4.69, 9.17) is 9.47 Å². The zero-order valence-electron chi connectivity index (χ0n) is 14.9. The summed E-state index contributed by atoms with van der Waals surface area (Å²) in [5.74, 6) is 0.674. The van der Waals surface area contributed by atoms with Gasteiger partial charge in [-0.25, -0.2) is 0 Å². The molecule has 0 unspecified atom stereocenters. The van der Waals surface area contributed by atoms with Gasteiger partial charge in [0.1, 0.15) is 19.0 Å². The third-order valence-electron chi connectivity index (χ3n) is 4.09. The SMILES string of the molecule is Cc1ccc(C(=O)COCc2ccccc2)cc1OCc1ccccc1. The maximum absolute atomic E-state index is 12.4. The molecule has 132 valence electrons. The van der Waals surface area contributed by atoms with Crippen LogP contribution < -0.4 is 4.74 Å². The summed E-state index contributed by atoms with van der Waals surface area (Å²) in [4.78, 5) is 12.4. The highest BCUT2D eigenvalue weighted by molar-refractivity contribution is 5.97. The van der Waals surface area contributed by atoms with E-state index in [1.165, 1.54) is 0 Å². The number of ketones is 1. The van der Waals surface area contributed by atoms with Crippen LogP contribution in [0.15, 0.2) is 78.9 Å². The van der Waals surface area contributed by atoms with E-state index in [1.807, 2.05) is 79.7 Å². The molecule has 0 spiro atoms. The van der Waals surface area contributed by atoms with Crippen molar-refractivity contribution in [1.29, 1.82) is 0 Å². The second-order valence-electron chi connectivity index (χ2n) is 6.16. The average molecular weight is 346 g/mol. The summed E-state index contributed by atoms with van der Waals surface area (Å²) in [6.45, 7) is 2.93. The highest BCUT2D eigenvalue weighted by Gasteiger charge is 2.10. The van der Waals surface area contributed by atoms with Gasteiger partial charge in [0.15, 0.2) is 5.78 Å². The van der Waals surface area contributed by atoms with Crippen molar-refractivity contribution in [2.24, 2.45) is 0 Å². The Morgan fingerprint density at radius 1 is 0.808 bits per heavy atom. The highest BCUT2D eigenvalue weighted by atomic mass is 16.5. The zero-order chi connectivity index (χ0) is 18.2. The summed E-state index contributed by atoms with van der Waals surface area (Å²) in [6.07, 6.45) is 0. The van der Waals surface area contributed by atoms with Gasteiger partial charge in [-0.3, -0.25) is 4.79 Å². The molecule has 0 bridgehead atoms. The van der Waals surface area contributed by atoms with E-state index in [2.05, 4.69) is 0 Å². The van der Waals surface area contributed by atoms with Gasteiger partial charge in [0.2, 0.25) is 0 Å². The monoisotopic (exact) mass is 346 g/mol. The van der Waals surface area contributed by atoms with Crippen LogP contribution >= 0.6 is 0 Å². The van der Waals surface area contributed by atoms with Crippen LogP contribution in [-0.4, -0.2) is 12.4 Å². The van der Waals surface area contributed by atoms with E-state index in [0.717, 1.165) is 22.4 Å². The lowest BCUT2D eigenvalue weighted by atomic mass is 10.1. The molecule has 0 saturated carbocycles. The van der Waals surface area contributed by atoms with Gasteiger partial charge in [-0.1, -0.05) is 72.8 Å². The number of benzene rings is 3. The van der Waals surface area contributed by atoms with Crippen LogP contribution in [0.1, 0.15) is 27.0 Å². The van der Waals surface area contributed by atoms with Crippen molar-refractivity contribution in [2.45, 2.75) is 20.1 Å². The summed E-state index contributed by atoms with van der Waals surface area (Å²) in [6, 6.07) is 25.3. The average Bonchev–Trinajstić information content (AvgIpc) is 2.69. The Hall–Kier alpha value is -2.91. The number of aryl methyl sites for hydroxylation is 1. The first-order valence-electron chi connectivity index (χ1n) is 8.64. The molecular weight excluding hydrogens is 324 g/mol. The van der Waals surface area contributed by atoms with Crippen molar-refractivity contribution < 1.29 is 14.3 Å². The molecule has 0 heterocycles. The minimum Gasteiger partial charge on any atom is -0.489 e. The Morgan fingerprint density at radius 3 is 2.08 bits per heavy atom. The lowest BCUT2D eigenvalue weighted by Gasteiger charge is -2.11. The summed E-state index contributed by atoms with van der Waals surface area (Å²) in [5.41, 5.74) is 3.75. The molecule has 26 heavy (non-hydrogen) atoms. The molecule has 0 radical (unpaired) electrons. The number of ether oxygens (including phenoxy) is 2. The van der Waals surface area contributed by atoms with Gasteiger partial charge in [-0.05, 0) is 29.7 Å². The summed E-state index contributed by atoms with van der Waals surface area (Å²) >= 11 is 0. The maximum atomic E-state index is 12.4. The topological polar surface area (TPSA) is 35.5 Å². The van der Waals surface area contributed by atoms with E-state index in [1.54, 1.807) is 6.07 Å². The van der Waals surface area contributed by atoms with Crippen LogP contribution in [0.3, 0.4) is 0 Å². The largest absolute Gasteiger partial charge is 0.489 e. The minimum atomic E-state index is -0.0505. The van der Waals surface area contributed by atoms with Crippen LogP contribution in [0.2, 0.25) is 0 Å². The van der Waals surface area contributed by atoms with Crippen LogP contribution in [0.5, 0.6) is 5.75 Å². The molecule has 0 aliphatic carbocycles. The van der Waals surface area contributed by atoms with Crippen LogP contribution in [0, 0.1) is 6.92 Å². The Bertz CT molecular complexity index is 842. The van der Waals surface area contributed by atoms with Crippen molar-refractivity contribution >= 4 is 5.78 Å². The summed E-state index contributed by atoms with van der Waals surface area (Å²) in [7, 11) is 0. The molecule has 0 aliphatic rings. The van der Waals surface area contributed by atoms with Gasteiger partial charge in [0, 0.05) is 5.56 Å². The molecule has 3 nitrogen and oxygen atoms in total. The number of Topliss-reactive ketones (excluding diaryl/α,β-unsaturated/α-hetero) is 1. The standard InChI is InChI=1S/C23H22O3/c1-18-12-13-21(14-23(18)26-16-20-10-6-3-7-11-20)22(24)17-25-15-19-8-4-2-5-9-19/h2-14H,15-17H2,1H3. The minimum absolute atomic E-state index is 0.0505. The number of hydrogen-bond donors (Lipinski definition) is 0. The van der Waals surface area contributed by atoms with Gasteiger partial charge in [0.05, 0.1) is 6.61 Å². The molecule has 0 amide bonds. The van der Waals surface area contributed by atoms with Gasteiger partial charge >= 0.3 is 0 Å². The Balaban J connectivity index is 1.58. The summed E-state index contributed by atoms with van der Waals surface area (Å²) < 4.78 is 11.4. The third kappa shape index (κ3) is 5.04. The number of hydrogen-bond acceptors (Lipinski definition) is 3. The van der Waals surface area contributed by atoms with Gasteiger partial charge < -0.3 is 9.47 Å². The van der Waals surface area contributed by atoms with Crippen molar-refractivity contribution in [3.05, 3.63) is 101 Å². The normalized spacial score (nSPS) is 10.5. The number of rotatable bonds is 8. The fourth-order valence-electron chi connectivity index (χ4n) is 2.58. The van der Waals surface area contributed by atoms with Crippen molar-refractivity contribution in [2.75, 3.05) is 6.61 Å². The fourth-order valence-corrected chi connectivity index (χ4v) is 2.58. The van der Waals surface area contributed by atoms with Crippen LogP contribution in [-0.2, 0) is 18.0 Å². The Morgan fingerprint density at radius 2 is 1.42 bits per heavy atom. The molecule has 3 heteroatoms. The van der Waals surface area contributed by atoms with Gasteiger partial charge in [-0.2, -0.15) is 0 Å². The zero-order valence-corrected chi connectivity index (χ0v) is 14.9. The van der Waals surface area contributed by atoms with E-state index < -0.39 is 0 Å². The molecule has 0 aromatic heterocycles. The predicted octanol–water partition coefficient (Wildman–Crippen LogP) is 4.97. The summed E-state index contributed by atoms with van der Waals surface area (Å²) in [5, 5.41) is 0. The molecule has 0 N–H and O–H groups in total. The molecule has 3 rings (SSSR count). The quantitative estimate of drug-likeness (QED) is 0.540. The first-order chi connectivity index (χ1) is 12.7. The predicted molar refractivity (Wildman–Crippen MR) is 102 cm³/mol. The first kappa shape index (κ1) is 17.9. The molecule has 0 saturated heterocycles. The molecule has 0 atom stereocenters. The lowest BCUT2D eigenvalue weighted by molar-refractivity contribution is 0.0726. The van der Waals surface area contributed by atoms with E-state index in [0.29, 0.717) is 18.8 Å². The second kappa shape index (κ2) is 8.97. The second-order valence-corrected chi connectivity index (χ2v) is 6.16. The lowest BCUT2D eigenvalue weighted by Crippen LogP contribution is -2.09. The number of carbonyl (C=O) groups excluding carboxylic acids is 1. The van der Waals surface area contributed by atoms with Crippen molar-refractivity contribution in [3.63, 3.8) is 0 Å². The van der Waals surface area contributed by atoms with E-state index >= 15 is 0 Å². The molecule has 3 aromatic carbocycles. The molecule has 0 fully saturated rings. The fraction of sp³-hybridized carbons (Fsp3) is 0.174. The van der Waals surface area contributed by atoms with E-state index in [9.17, 15) is 4.79 Å². The molecule has 3 aromatic rings. The van der Waals surface area contributed by atoms with E-state index in [-0.39, 0.29) is 12.4 Å². The maximum Gasteiger partial charge on any atom is 0.188 e. The molecule has 0 aliphatic heterocycles. The Labute approximate surface area is 154 Å². The third-order valence-corrected chi connectivity index (χ3v) is 4.09.